The van der Waals surface area contributed by atoms with Crippen molar-refractivity contribution < 1.29 is 4.79 Å². The van der Waals surface area contributed by atoms with Gasteiger partial charge in [0.25, 0.3) is 0 Å². The van der Waals surface area contributed by atoms with E-state index in [9.17, 15) is 4.79 Å². The second kappa shape index (κ2) is 1.84. The molecule has 49 valence electrons. The first kappa shape index (κ1) is 5.47. The molecule has 0 saturated heterocycles. The molecule has 2 nitrogen and oxygen atoms in total. The van der Waals surface area contributed by atoms with Crippen molar-refractivity contribution in [2.24, 2.45) is 0 Å². The summed E-state index contributed by atoms with van der Waals surface area (Å²) in [7, 11) is 0. The van der Waals surface area contributed by atoms with E-state index in [1.165, 1.54) is 10.5 Å². The second-order valence-electron chi connectivity index (χ2n) is 2.35. The molecule has 0 spiro atoms. The van der Waals surface area contributed by atoms with Crippen LogP contribution >= 0.6 is 0 Å². The van der Waals surface area contributed by atoms with Gasteiger partial charge in [-0.05, 0) is 11.1 Å². The van der Waals surface area contributed by atoms with Crippen molar-refractivity contribution in [3.63, 3.8) is 0 Å². The maximum absolute atomic E-state index is 10.1. The maximum Gasteiger partial charge on any atom is 0.316 e. The molecule has 0 N–H and O–H groups in total. The quantitative estimate of drug-likeness (QED) is 0.515. The Bertz CT molecular complexity index is 260. The summed E-state index contributed by atoms with van der Waals surface area (Å²) in [4.78, 5) is 11.7. The lowest BCUT2D eigenvalue weighted by molar-refractivity contribution is 0.488. The van der Waals surface area contributed by atoms with E-state index >= 15 is 0 Å². The highest BCUT2D eigenvalue weighted by Crippen LogP contribution is 2.24. The molecule has 1 amide bonds. The highest BCUT2D eigenvalue weighted by Gasteiger charge is 2.17. The molecule has 10 heavy (non-hydrogen) atoms. The fourth-order valence-electron chi connectivity index (χ4n) is 1.20. The van der Waals surface area contributed by atoms with E-state index in [0.29, 0.717) is 6.54 Å². The molecule has 0 saturated carbocycles. The number of carbonyl (C=O) groups excluding carboxylic acids is 1. The summed E-state index contributed by atoms with van der Waals surface area (Å²) in [5.41, 5.74) is 2.35. The van der Waals surface area contributed by atoms with Gasteiger partial charge in [0, 0.05) is 6.20 Å². The smallest absolute Gasteiger partial charge is 0.306 e. The van der Waals surface area contributed by atoms with Gasteiger partial charge in [-0.25, -0.2) is 0 Å². The largest absolute Gasteiger partial charge is 0.316 e. The van der Waals surface area contributed by atoms with Crippen LogP contribution in [0.5, 0.6) is 0 Å². The summed E-state index contributed by atoms with van der Waals surface area (Å²) in [5, 5.41) is 0. The Labute approximate surface area is 59.1 Å². The Morgan fingerprint density at radius 2 is 2.50 bits per heavy atom. The van der Waals surface area contributed by atoms with Crippen LogP contribution in [0.3, 0.4) is 0 Å². The Hall–Kier alpha value is -1.31. The number of rotatable bonds is 1. The van der Waals surface area contributed by atoms with Crippen molar-refractivity contribution in [2.45, 2.75) is 0 Å². The van der Waals surface area contributed by atoms with Gasteiger partial charge < -0.3 is 4.90 Å². The normalized spacial score (nSPS) is 20.6. The molecular formula is C8H6NO. The molecule has 2 aliphatic rings. The molecule has 0 aromatic rings. The van der Waals surface area contributed by atoms with Crippen molar-refractivity contribution in [1.82, 2.24) is 4.90 Å². The van der Waals surface area contributed by atoms with Crippen LogP contribution in [0.25, 0.3) is 0 Å². The molecule has 1 heterocycles. The van der Waals surface area contributed by atoms with Gasteiger partial charge >= 0.3 is 6.41 Å². The average molecular weight is 132 g/mol. The Balaban J connectivity index is 2.32. The van der Waals surface area contributed by atoms with Crippen LogP contribution in [0.1, 0.15) is 0 Å². The zero-order valence-corrected chi connectivity index (χ0v) is 5.37. The molecule has 2 rings (SSSR count). The van der Waals surface area contributed by atoms with Gasteiger partial charge in [0.15, 0.2) is 0 Å². The molecule has 1 radical (unpaired) electrons. The molecule has 0 atom stereocenters. The van der Waals surface area contributed by atoms with Gasteiger partial charge in [-0.2, -0.15) is 0 Å². The van der Waals surface area contributed by atoms with Gasteiger partial charge in [0.2, 0.25) is 0 Å². The minimum absolute atomic E-state index is 0.686. The zero-order chi connectivity index (χ0) is 6.97. The van der Waals surface area contributed by atoms with Crippen LogP contribution in [-0.2, 0) is 4.79 Å². The van der Waals surface area contributed by atoms with Gasteiger partial charge in [0.1, 0.15) is 0 Å². The first-order valence-electron chi connectivity index (χ1n) is 3.14. The van der Waals surface area contributed by atoms with E-state index in [0.717, 1.165) is 5.57 Å². The predicted octanol–water partition coefficient (Wildman–Crippen LogP) is 0.749. The standard InChI is InChI=1S/C8H6NO/c10-6-9-4-7-2-1-3-8(7)5-9/h1-4H,5H2. The number of hydrogen-bond acceptors (Lipinski definition) is 1. The third-order valence-corrected chi connectivity index (χ3v) is 1.70. The number of fused-ring (bicyclic) bond motifs is 1. The van der Waals surface area contributed by atoms with Crippen molar-refractivity contribution in [3.8, 4) is 0 Å². The highest BCUT2D eigenvalue weighted by molar-refractivity contribution is 5.61. The van der Waals surface area contributed by atoms with Crippen LogP contribution in [0.4, 0.5) is 0 Å². The van der Waals surface area contributed by atoms with E-state index in [-0.39, 0.29) is 0 Å². The summed E-state index contributed by atoms with van der Waals surface area (Å²) in [5.74, 6) is 0. The van der Waals surface area contributed by atoms with Crippen LogP contribution in [0.2, 0.25) is 0 Å². The van der Waals surface area contributed by atoms with Crippen LogP contribution in [-0.4, -0.2) is 17.9 Å². The molecule has 0 fully saturated rings. The lowest BCUT2D eigenvalue weighted by Gasteiger charge is -2.00. The monoisotopic (exact) mass is 132 g/mol. The minimum Gasteiger partial charge on any atom is -0.306 e. The molecule has 1 aliphatic heterocycles. The lowest BCUT2D eigenvalue weighted by Crippen LogP contribution is -2.11. The highest BCUT2D eigenvalue weighted by atomic mass is 16.1. The van der Waals surface area contributed by atoms with E-state index in [4.69, 9.17) is 0 Å². The minimum atomic E-state index is 0.686. The summed E-state index contributed by atoms with van der Waals surface area (Å²) >= 11 is 0. The maximum atomic E-state index is 10.1. The first-order valence-corrected chi connectivity index (χ1v) is 3.14. The third-order valence-electron chi connectivity index (χ3n) is 1.70. The third kappa shape index (κ3) is 0.620. The number of hydrogen-bond donors (Lipinski definition) is 0. The van der Waals surface area contributed by atoms with Crippen LogP contribution in [0, 0.1) is 0 Å². The Morgan fingerprint density at radius 1 is 1.60 bits per heavy atom. The number of allylic oxidation sites excluding steroid dienone is 3. The lowest BCUT2D eigenvalue weighted by atomic mass is 10.2. The van der Waals surface area contributed by atoms with Gasteiger partial charge in [-0.1, -0.05) is 18.2 Å². The Morgan fingerprint density at radius 3 is 3.20 bits per heavy atom. The molecular weight excluding hydrogens is 126 g/mol. The summed E-state index contributed by atoms with van der Waals surface area (Å²) in [6, 6.07) is 0. The molecule has 0 unspecified atom stereocenters. The first-order chi connectivity index (χ1) is 4.90. The summed E-state index contributed by atoms with van der Waals surface area (Å²) in [6.07, 6.45) is 9.63. The fraction of sp³-hybridized carbons (Fsp3) is 0.125. The van der Waals surface area contributed by atoms with Crippen molar-refractivity contribution in [3.05, 3.63) is 35.6 Å². The second-order valence-corrected chi connectivity index (χ2v) is 2.35. The fourth-order valence-corrected chi connectivity index (χ4v) is 1.20. The van der Waals surface area contributed by atoms with Crippen LogP contribution < -0.4 is 0 Å². The summed E-state index contributed by atoms with van der Waals surface area (Å²) in [6.45, 7) is 0.686. The zero-order valence-electron chi connectivity index (χ0n) is 5.37. The van der Waals surface area contributed by atoms with Crippen molar-refractivity contribution >= 4 is 6.41 Å². The van der Waals surface area contributed by atoms with E-state index in [1.54, 1.807) is 0 Å². The van der Waals surface area contributed by atoms with Crippen LogP contribution in [0.15, 0.2) is 35.6 Å². The molecule has 0 bridgehead atoms. The van der Waals surface area contributed by atoms with Crippen molar-refractivity contribution in [2.75, 3.05) is 6.54 Å². The predicted molar refractivity (Wildman–Crippen MR) is 37.7 cm³/mol. The molecule has 1 aliphatic carbocycles. The van der Waals surface area contributed by atoms with Gasteiger partial charge in [-0.3, -0.25) is 4.79 Å². The van der Waals surface area contributed by atoms with Gasteiger partial charge in [-0.15, -0.1) is 0 Å². The SMILES string of the molecule is O=[C]N1C=C2C=CC=C2C1. The number of amides is 1. The average Bonchev–Trinajstić information content (AvgIpc) is 2.42. The van der Waals surface area contributed by atoms with Crippen molar-refractivity contribution in [1.29, 1.82) is 0 Å². The Kier molecular flexibility index (Phi) is 1.01. The number of nitrogens with zero attached hydrogens (tertiary/aromatic N) is 1. The molecule has 0 aromatic heterocycles. The molecule has 2 heteroatoms. The molecule has 0 aromatic carbocycles. The van der Waals surface area contributed by atoms with E-state index in [2.05, 4.69) is 0 Å². The summed E-state index contributed by atoms with van der Waals surface area (Å²) < 4.78 is 0. The van der Waals surface area contributed by atoms with E-state index in [1.807, 2.05) is 30.8 Å². The topological polar surface area (TPSA) is 20.3 Å². The van der Waals surface area contributed by atoms with Gasteiger partial charge in [0.05, 0.1) is 6.54 Å². The van der Waals surface area contributed by atoms with E-state index < -0.39 is 0 Å².